The van der Waals surface area contributed by atoms with Gasteiger partial charge in [-0.15, -0.1) is 6.58 Å². The van der Waals surface area contributed by atoms with Crippen LogP contribution in [0.4, 0.5) is 0 Å². The van der Waals surface area contributed by atoms with Crippen molar-refractivity contribution in [1.82, 2.24) is 0 Å². The number of rotatable bonds is 4. The second-order valence-corrected chi connectivity index (χ2v) is 5.41. The number of hydrogen-bond acceptors (Lipinski definition) is 1. The molecule has 1 aromatic rings. The van der Waals surface area contributed by atoms with E-state index in [1.165, 1.54) is 5.56 Å². The molecule has 0 saturated heterocycles. The van der Waals surface area contributed by atoms with Crippen molar-refractivity contribution in [1.29, 1.82) is 0 Å². The molecular weight excluding hydrogens is 176 g/mol. The molecule has 0 aliphatic rings. The summed E-state index contributed by atoms with van der Waals surface area (Å²) < 4.78 is 0. The van der Waals surface area contributed by atoms with Crippen LogP contribution >= 0.6 is 0 Å². The lowest BCUT2D eigenvalue weighted by molar-refractivity contribution is 0.557. The van der Waals surface area contributed by atoms with Crippen molar-refractivity contribution in [3.05, 3.63) is 48.2 Å². The van der Waals surface area contributed by atoms with Crippen LogP contribution in [-0.4, -0.2) is 13.8 Å². The van der Waals surface area contributed by atoms with Gasteiger partial charge in [-0.25, -0.2) is 0 Å². The highest BCUT2D eigenvalue weighted by atomic mass is 28.3. The lowest BCUT2D eigenvalue weighted by Gasteiger charge is -2.16. The maximum atomic E-state index is 9.79. The Kier molecular flexibility index (Phi) is 3.93. The zero-order chi connectivity index (χ0) is 9.68. The van der Waals surface area contributed by atoms with Gasteiger partial charge >= 0.3 is 0 Å². The fourth-order valence-electron chi connectivity index (χ4n) is 1.54. The van der Waals surface area contributed by atoms with Gasteiger partial charge in [-0.2, -0.15) is 0 Å². The van der Waals surface area contributed by atoms with Crippen LogP contribution in [-0.2, 0) is 0 Å². The van der Waals surface area contributed by atoms with E-state index in [4.69, 9.17) is 0 Å². The maximum Gasteiger partial charge on any atom is 0.203 e. The summed E-state index contributed by atoms with van der Waals surface area (Å²) in [4.78, 5) is 9.79. The van der Waals surface area contributed by atoms with Crippen LogP contribution in [0.5, 0.6) is 0 Å². The highest BCUT2D eigenvalue weighted by molar-refractivity contribution is 6.57. The molecule has 0 fully saturated rings. The average Bonchev–Trinajstić information content (AvgIpc) is 2.20. The van der Waals surface area contributed by atoms with Crippen LogP contribution < -0.4 is 0 Å². The molecule has 2 atom stereocenters. The summed E-state index contributed by atoms with van der Waals surface area (Å²) in [5.41, 5.74) is 3.30. The van der Waals surface area contributed by atoms with Gasteiger partial charge in [-0.05, 0) is 12.0 Å². The predicted molar refractivity (Wildman–Crippen MR) is 59.0 cm³/mol. The SMILES string of the molecule is C=C[SiH](O)C(CC)c1ccccc1. The van der Waals surface area contributed by atoms with Gasteiger partial charge in [-0.1, -0.05) is 43.0 Å². The summed E-state index contributed by atoms with van der Waals surface area (Å²) in [5.74, 6) is 0. The normalized spacial score (nSPS) is 14.9. The Morgan fingerprint density at radius 2 is 2.08 bits per heavy atom. The average molecular weight is 192 g/mol. The Balaban J connectivity index is 2.84. The molecular formula is C11H16OSi. The van der Waals surface area contributed by atoms with E-state index < -0.39 is 9.04 Å². The molecule has 0 aliphatic carbocycles. The third-order valence-electron chi connectivity index (χ3n) is 2.32. The van der Waals surface area contributed by atoms with Crippen LogP contribution in [0.15, 0.2) is 42.6 Å². The summed E-state index contributed by atoms with van der Waals surface area (Å²) in [6.45, 7) is 5.78. The Morgan fingerprint density at radius 3 is 2.54 bits per heavy atom. The molecule has 0 saturated carbocycles. The molecule has 0 aliphatic heterocycles. The molecule has 0 aromatic heterocycles. The van der Waals surface area contributed by atoms with E-state index in [2.05, 4.69) is 25.6 Å². The zero-order valence-electron chi connectivity index (χ0n) is 7.98. The summed E-state index contributed by atoms with van der Waals surface area (Å²) >= 11 is 0. The van der Waals surface area contributed by atoms with Gasteiger partial charge in [0.25, 0.3) is 0 Å². The van der Waals surface area contributed by atoms with E-state index in [9.17, 15) is 4.80 Å². The molecule has 0 spiro atoms. The lowest BCUT2D eigenvalue weighted by Crippen LogP contribution is -2.20. The van der Waals surface area contributed by atoms with E-state index in [1.54, 1.807) is 5.70 Å². The fourth-order valence-corrected chi connectivity index (χ4v) is 2.97. The lowest BCUT2D eigenvalue weighted by atomic mass is 10.1. The molecule has 2 heteroatoms. The van der Waals surface area contributed by atoms with E-state index in [0.29, 0.717) is 5.54 Å². The van der Waals surface area contributed by atoms with Crippen LogP contribution in [0.25, 0.3) is 0 Å². The van der Waals surface area contributed by atoms with Crippen molar-refractivity contribution in [2.45, 2.75) is 18.9 Å². The Bertz CT molecular complexity index is 258. The van der Waals surface area contributed by atoms with Gasteiger partial charge in [0.05, 0.1) is 0 Å². The first-order chi connectivity index (χ1) is 6.29. The topological polar surface area (TPSA) is 20.2 Å². The molecule has 70 valence electrons. The Hall–Kier alpha value is -0.863. The maximum absolute atomic E-state index is 9.79. The van der Waals surface area contributed by atoms with Crippen LogP contribution in [0.2, 0.25) is 0 Å². The largest absolute Gasteiger partial charge is 0.430 e. The zero-order valence-corrected chi connectivity index (χ0v) is 9.13. The molecule has 1 aromatic carbocycles. The van der Waals surface area contributed by atoms with Gasteiger partial charge < -0.3 is 4.80 Å². The second kappa shape index (κ2) is 4.99. The summed E-state index contributed by atoms with van der Waals surface area (Å²) in [7, 11) is -1.76. The van der Waals surface area contributed by atoms with Gasteiger partial charge in [0.15, 0.2) is 0 Å². The van der Waals surface area contributed by atoms with Crippen LogP contribution in [0, 0.1) is 0 Å². The second-order valence-electron chi connectivity index (χ2n) is 3.15. The molecule has 2 unspecified atom stereocenters. The van der Waals surface area contributed by atoms with Crippen molar-refractivity contribution >= 4 is 9.04 Å². The summed E-state index contributed by atoms with van der Waals surface area (Å²) in [6, 6.07) is 10.2. The van der Waals surface area contributed by atoms with Crippen LogP contribution in [0.3, 0.4) is 0 Å². The fraction of sp³-hybridized carbons (Fsp3) is 0.273. The first-order valence-electron chi connectivity index (χ1n) is 4.65. The highest BCUT2D eigenvalue weighted by Crippen LogP contribution is 2.21. The predicted octanol–water partition coefficient (Wildman–Crippen LogP) is 2.16. The molecule has 0 radical (unpaired) electrons. The molecule has 1 nitrogen and oxygen atoms in total. The van der Waals surface area contributed by atoms with E-state index in [-0.39, 0.29) is 0 Å². The smallest absolute Gasteiger partial charge is 0.203 e. The standard InChI is InChI=1S/C11H16OSi/c1-3-11(13(12)4-2)10-8-6-5-7-9-10/h4-9,11-13H,2-3H2,1H3. The number of hydrogen-bond donors (Lipinski definition) is 1. The first kappa shape index (κ1) is 10.2. The van der Waals surface area contributed by atoms with Crippen molar-refractivity contribution in [2.75, 3.05) is 0 Å². The van der Waals surface area contributed by atoms with Gasteiger partial charge in [0, 0.05) is 5.54 Å². The minimum atomic E-state index is -1.76. The number of benzene rings is 1. The van der Waals surface area contributed by atoms with Crippen molar-refractivity contribution < 1.29 is 4.80 Å². The molecule has 13 heavy (non-hydrogen) atoms. The summed E-state index contributed by atoms with van der Waals surface area (Å²) in [5, 5.41) is 0. The minimum absolute atomic E-state index is 0.318. The quantitative estimate of drug-likeness (QED) is 0.725. The van der Waals surface area contributed by atoms with Crippen molar-refractivity contribution in [2.24, 2.45) is 0 Å². The monoisotopic (exact) mass is 192 g/mol. The van der Waals surface area contributed by atoms with E-state index >= 15 is 0 Å². The molecule has 0 amide bonds. The molecule has 0 bridgehead atoms. The first-order valence-corrected chi connectivity index (χ1v) is 6.50. The Morgan fingerprint density at radius 1 is 1.46 bits per heavy atom. The third-order valence-corrected chi connectivity index (χ3v) is 4.49. The molecule has 1 N–H and O–H groups in total. The third kappa shape index (κ3) is 2.54. The minimum Gasteiger partial charge on any atom is -0.430 e. The van der Waals surface area contributed by atoms with Gasteiger partial charge in [-0.3, -0.25) is 0 Å². The summed E-state index contributed by atoms with van der Waals surface area (Å²) in [6.07, 6.45) is 0.990. The van der Waals surface area contributed by atoms with Gasteiger partial charge in [0.2, 0.25) is 9.04 Å². The Labute approximate surface area is 81.5 Å². The van der Waals surface area contributed by atoms with Crippen LogP contribution in [0.1, 0.15) is 24.4 Å². The van der Waals surface area contributed by atoms with E-state index in [0.717, 1.165) is 6.42 Å². The van der Waals surface area contributed by atoms with Crippen molar-refractivity contribution in [3.63, 3.8) is 0 Å². The van der Waals surface area contributed by atoms with Crippen molar-refractivity contribution in [3.8, 4) is 0 Å². The van der Waals surface area contributed by atoms with E-state index in [1.807, 2.05) is 18.2 Å². The molecule has 0 heterocycles. The molecule has 1 rings (SSSR count). The highest BCUT2D eigenvalue weighted by Gasteiger charge is 2.17. The van der Waals surface area contributed by atoms with Gasteiger partial charge in [0.1, 0.15) is 0 Å².